The van der Waals surface area contributed by atoms with E-state index in [0.717, 1.165) is 37.2 Å². The van der Waals surface area contributed by atoms with Crippen LogP contribution in [0.15, 0.2) is 18.2 Å². The van der Waals surface area contributed by atoms with Gasteiger partial charge in [0.1, 0.15) is 5.75 Å². The molecule has 1 aliphatic rings. The largest absolute Gasteiger partial charge is 0.493 e. The number of nitrogens with one attached hydrogen (secondary N) is 1. The lowest BCUT2D eigenvalue weighted by atomic mass is 9.95. The summed E-state index contributed by atoms with van der Waals surface area (Å²) in [5.41, 5.74) is 5.29. The average molecular weight is 250 g/mol. The highest BCUT2D eigenvalue weighted by atomic mass is 16.5. The van der Waals surface area contributed by atoms with Crippen molar-refractivity contribution in [1.29, 1.82) is 0 Å². The lowest BCUT2D eigenvalue weighted by Gasteiger charge is -2.26. The Balaban J connectivity index is 2.24. The Morgan fingerprint density at radius 1 is 1.50 bits per heavy atom. The van der Waals surface area contributed by atoms with Gasteiger partial charge in [0, 0.05) is 12.7 Å². The zero-order valence-corrected chi connectivity index (χ0v) is 11.1. The first-order valence-corrected chi connectivity index (χ1v) is 6.49. The molecule has 0 bridgehead atoms. The Bertz CT molecular complexity index is 395. The monoisotopic (exact) mass is 250 g/mol. The smallest absolute Gasteiger partial charge is 0.127 e. The van der Waals surface area contributed by atoms with E-state index < -0.39 is 0 Å². The third kappa shape index (κ3) is 2.83. The van der Waals surface area contributed by atoms with Crippen molar-refractivity contribution < 1.29 is 9.47 Å². The average Bonchev–Trinajstić information content (AvgIpc) is 2.44. The maximum atomic E-state index is 5.82. The van der Waals surface area contributed by atoms with Crippen LogP contribution >= 0.6 is 0 Å². The molecule has 0 fully saturated rings. The third-order valence-electron chi connectivity index (χ3n) is 3.51. The van der Waals surface area contributed by atoms with E-state index in [4.69, 9.17) is 15.3 Å². The number of hydrazine groups is 1. The quantitative estimate of drug-likeness (QED) is 0.619. The minimum Gasteiger partial charge on any atom is -0.493 e. The zero-order valence-electron chi connectivity index (χ0n) is 11.1. The van der Waals surface area contributed by atoms with Crippen molar-refractivity contribution in [2.24, 2.45) is 5.84 Å². The molecular formula is C14H22N2O2. The van der Waals surface area contributed by atoms with Crippen molar-refractivity contribution >= 4 is 0 Å². The number of nitrogens with two attached hydrogens (primary N) is 1. The van der Waals surface area contributed by atoms with E-state index in [2.05, 4.69) is 23.6 Å². The zero-order chi connectivity index (χ0) is 13.0. The minimum atomic E-state index is 0.0630. The summed E-state index contributed by atoms with van der Waals surface area (Å²) in [7, 11) is 1.72. The third-order valence-corrected chi connectivity index (χ3v) is 3.51. The van der Waals surface area contributed by atoms with Crippen molar-refractivity contribution in [2.45, 2.75) is 38.3 Å². The second kappa shape index (κ2) is 6.18. The Morgan fingerprint density at radius 3 is 3.06 bits per heavy atom. The number of methoxy groups -OCH3 is 1. The van der Waals surface area contributed by atoms with Gasteiger partial charge in [-0.3, -0.25) is 11.3 Å². The lowest BCUT2D eigenvalue weighted by molar-refractivity contribution is 0.0998. The summed E-state index contributed by atoms with van der Waals surface area (Å²) < 4.78 is 11.1. The SMILES string of the molecule is COC(C)CC(NN)c1cccc2c1OCCC2. The number of hydrogen-bond acceptors (Lipinski definition) is 4. The normalized spacial score (nSPS) is 17.7. The second-order valence-electron chi connectivity index (χ2n) is 4.79. The number of ether oxygens (including phenoxy) is 2. The van der Waals surface area contributed by atoms with Crippen LogP contribution in [0.5, 0.6) is 5.75 Å². The molecule has 0 aromatic heterocycles. The summed E-state index contributed by atoms with van der Waals surface area (Å²) in [5.74, 6) is 6.69. The Morgan fingerprint density at radius 2 is 2.33 bits per heavy atom. The summed E-state index contributed by atoms with van der Waals surface area (Å²) >= 11 is 0. The Labute approximate surface area is 108 Å². The van der Waals surface area contributed by atoms with Crippen LogP contribution in [-0.2, 0) is 11.2 Å². The number of para-hydroxylation sites is 1. The molecule has 2 rings (SSSR count). The summed E-state index contributed by atoms with van der Waals surface area (Å²) in [5, 5.41) is 0. The van der Waals surface area contributed by atoms with Crippen LogP contribution in [0.25, 0.3) is 0 Å². The van der Waals surface area contributed by atoms with Crippen LogP contribution in [0.3, 0.4) is 0 Å². The van der Waals surface area contributed by atoms with E-state index in [1.54, 1.807) is 7.11 Å². The standard InChI is InChI=1S/C14H22N2O2/c1-10(17-2)9-13(16-15)12-7-3-5-11-6-4-8-18-14(11)12/h3,5,7,10,13,16H,4,6,8-9,15H2,1-2H3. The van der Waals surface area contributed by atoms with Crippen LogP contribution in [0.4, 0.5) is 0 Å². The van der Waals surface area contributed by atoms with Gasteiger partial charge in [-0.2, -0.15) is 0 Å². The van der Waals surface area contributed by atoms with E-state index in [1.807, 2.05) is 6.92 Å². The molecule has 0 aliphatic carbocycles. The van der Waals surface area contributed by atoms with Crippen molar-refractivity contribution in [3.05, 3.63) is 29.3 Å². The van der Waals surface area contributed by atoms with Crippen LogP contribution in [0, 0.1) is 0 Å². The molecular weight excluding hydrogens is 228 g/mol. The number of benzene rings is 1. The number of aryl methyl sites for hydroxylation is 1. The summed E-state index contributed by atoms with van der Waals surface area (Å²) in [6.07, 6.45) is 3.16. The van der Waals surface area contributed by atoms with E-state index in [1.165, 1.54) is 5.56 Å². The van der Waals surface area contributed by atoms with Crippen molar-refractivity contribution in [3.63, 3.8) is 0 Å². The summed E-state index contributed by atoms with van der Waals surface area (Å²) in [6, 6.07) is 6.35. The molecule has 1 aromatic rings. The fraction of sp³-hybridized carbons (Fsp3) is 0.571. The fourth-order valence-corrected chi connectivity index (χ4v) is 2.40. The van der Waals surface area contributed by atoms with Gasteiger partial charge < -0.3 is 9.47 Å². The number of fused-ring (bicyclic) bond motifs is 1. The van der Waals surface area contributed by atoms with Crippen molar-refractivity contribution in [2.75, 3.05) is 13.7 Å². The number of hydrogen-bond donors (Lipinski definition) is 2. The Kier molecular flexibility index (Phi) is 4.58. The predicted octanol–water partition coefficient (Wildman–Crippen LogP) is 1.94. The highest BCUT2D eigenvalue weighted by Crippen LogP contribution is 2.34. The molecule has 0 saturated carbocycles. The Hall–Kier alpha value is -1.10. The van der Waals surface area contributed by atoms with E-state index >= 15 is 0 Å². The molecule has 4 heteroatoms. The first-order valence-electron chi connectivity index (χ1n) is 6.49. The molecule has 1 heterocycles. The second-order valence-corrected chi connectivity index (χ2v) is 4.79. The molecule has 1 aromatic carbocycles. The van der Waals surface area contributed by atoms with Crippen LogP contribution in [0.2, 0.25) is 0 Å². The first kappa shape index (κ1) is 13.3. The molecule has 0 saturated heterocycles. The molecule has 0 spiro atoms. The summed E-state index contributed by atoms with van der Waals surface area (Å²) in [6.45, 7) is 2.84. The van der Waals surface area contributed by atoms with Gasteiger partial charge in [-0.1, -0.05) is 18.2 Å². The molecule has 0 radical (unpaired) electrons. The van der Waals surface area contributed by atoms with Gasteiger partial charge in [0.2, 0.25) is 0 Å². The van der Waals surface area contributed by atoms with E-state index in [0.29, 0.717) is 0 Å². The van der Waals surface area contributed by atoms with Crippen LogP contribution in [-0.4, -0.2) is 19.8 Å². The van der Waals surface area contributed by atoms with E-state index in [-0.39, 0.29) is 12.1 Å². The van der Waals surface area contributed by atoms with E-state index in [9.17, 15) is 0 Å². The minimum absolute atomic E-state index is 0.0630. The highest BCUT2D eigenvalue weighted by molar-refractivity contribution is 5.44. The van der Waals surface area contributed by atoms with Gasteiger partial charge in [-0.05, 0) is 31.7 Å². The van der Waals surface area contributed by atoms with Gasteiger partial charge in [-0.15, -0.1) is 0 Å². The van der Waals surface area contributed by atoms with Crippen LogP contribution in [0.1, 0.15) is 36.9 Å². The molecule has 3 N–H and O–H groups in total. The lowest BCUT2D eigenvalue weighted by Crippen LogP contribution is -2.31. The molecule has 1 aliphatic heterocycles. The van der Waals surface area contributed by atoms with Crippen molar-refractivity contribution in [1.82, 2.24) is 5.43 Å². The topological polar surface area (TPSA) is 56.5 Å². The predicted molar refractivity (Wildman–Crippen MR) is 71.4 cm³/mol. The maximum absolute atomic E-state index is 5.82. The first-order chi connectivity index (χ1) is 8.76. The van der Waals surface area contributed by atoms with Crippen molar-refractivity contribution in [3.8, 4) is 5.75 Å². The molecule has 100 valence electrons. The van der Waals surface area contributed by atoms with Gasteiger partial charge >= 0.3 is 0 Å². The molecule has 4 nitrogen and oxygen atoms in total. The molecule has 18 heavy (non-hydrogen) atoms. The molecule has 0 amide bonds. The maximum Gasteiger partial charge on any atom is 0.127 e. The van der Waals surface area contributed by atoms with Gasteiger partial charge in [-0.25, -0.2) is 0 Å². The number of rotatable bonds is 5. The molecule has 2 unspecified atom stereocenters. The van der Waals surface area contributed by atoms with Gasteiger partial charge in [0.25, 0.3) is 0 Å². The highest BCUT2D eigenvalue weighted by Gasteiger charge is 2.21. The van der Waals surface area contributed by atoms with Gasteiger partial charge in [0.15, 0.2) is 0 Å². The van der Waals surface area contributed by atoms with Crippen LogP contribution < -0.4 is 16.0 Å². The fourth-order valence-electron chi connectivity index (χ4n) is 2.40. The molecule has 2 atom stereocenters. The van der Waals surface area contributed by atoms with Gasteiger partial charge in [0.05, 0.1) is 18.8 Å². The summed E-state index contributed by atoms with van der Waals surface area (Å²) in [4.78, 5) is 0.